The number of hydrogen-bond acceptors (Lipinski definition) is 1. The first-order valence-corrected chi connectivity index (χ1v) is 3.93. The molecule has 0 aliphatic carbocycles. The molecule has 0 fully saturated rings. The quantitative estimate of drug-likeness (QED) is 0.422. The predicted octanol–water partition coefficient (Wildman–Crippen LogP) is 2.73. The van der Waals surface area contributed by atoms with Crippen LogP contribution in [-0.2, 0) is 4.79 Å². The summed E-state index contributed by atoms with van der Waals surface area (Å²) in [5.74, 6) is 0. The van der Waals surface area contributed by atoms with Gasteiger partial charge in [0.15, 0.2) is 0 Å². The molecule has 0 radical (unpaired) electrons. The second-order valence-electron chi connectivity index (χ2n) is 2.82. The number of hydrogen-bond donors (Lipinski definition) is 0. The Hall–Kier alpha value is -0.850. The van der Waals surface area contributed by atoms with Gasteiger partial charge in [-0.3, -0.25) is 0 Å². The van der Waals surface area contributed by atoms with Crippen LogP contribution in [0.5, 0.6) is 0 Å². The largest absolute Gasteiger partial charge is 0.303 e. The fourth-order valence-electron chi connectivity index (χ4n) is 1.13. The maximum absolute atomic E-state index is 10.7. The zero-order valence-corrected chi connectivity index (χ0v) is 7.18. The van der Waals surface area contributed by atoms with E-state index in [1.54, 1.807) is 12.2 Å². The van der Waals surface area contributed by atoms with E-state index in [0.29, 0.717) is 0 Å². The first kappa shape index (κ1) is 10.2. The highest BCUT2D eigenvalue weighted by atomic mass is 16.1. The van der Waals surface area contributed by atoms with Crippen LogP contribution in [0.1, 0.15) is 26.2 Å². The van der Waals surface area contributed by atoms with Crippen LogP contribution in [0, 0.1) is 5.41 Å². The van der Waals surface area contributed by atoms with E-state index >= 15 is 0 Å². The van der Waals surface area contributed by atoms with Crippen LogP contribution < -0.4 is 0 Å². The molecular weight excluding hydrogens is 136 g/mol. The van der Waals surface area contributed by atoms with Gasteiger partial charge in [0, 0.05) is 5.41 Å². The van der Waals surface area contributed by atoms with Crippen molar-refractivity contribution in [3.05, 3.63) is 25.3 Å². The summed E-state index contributed by atoms with van der Waals surface area (Å²) in [6, 6.07) is 0. The van der Waals surface area contributed by atoms with Gasteiger partial charge in [-0.15, -0.1) is 13.2 Å². The SMILES string of the molecule is C=CCC(C=O)(CC)CC=C. The summed E-state index contributed by atoms with van der Waals surface area (Å²) in [6.07, 6.45) is 6.96. The van der Waals surface area contributed by atoms with E-state index in [-0.39, 0.29) is 5.41 Å². The third-order valence-corrected chi connectivity index (χ3v) is 2.06. The molecule has 0 aromatic rings. The fraction of sp³-hybridized carbons (Fsp3) is 0.500. The van der Waals surface area contributed by atoms with Gasteiger partial charge < -0.3 is 4.79 Å². The number of carbonyl (C=O) groups is 1. The summed E-state index contributed by atoms with van der Waals surface area (Å²) < 4.78 is 0. The average Bonchev–Trinajstić information content (AvgIpc) is 2.04. The molecule has 0 unspecified atom stereocenters. The van der Waals surface area contributed by atoms with E-state index in [0.717, 1.165) is 25.5 Å². The van der Waals surface area contributed by atoms with Crippen LogP contribution in [-0.4, -0.2) is 6.29 Å². The molecule has 1 nitrogen and oxygen atoms in total. The van der Waals surface area contributed by atoms with Gasteiger partial charge in [-0.1, -0.05) is 19.1 Å². The maximum atomic E-state index is 10.7. The van der Waals surface area contributed by atoms with Crippen molar-refractivity contribution in [1.82, 2.24) is 0 Å². The van der Waals surface area contributed by atoms with Crippen LogP contribution in [0.15, 0.2) is 25.3 Å². The van der Waals surface area contributed by atoms with Crippen molar-refractivity contribution in [3.8, 4) is 0 Å². The van der Waals surface area contributed by atoms with Crippen molar-refractivity contribution in [1.29, 1.82) is 0 Å². The molecule has 0 heterocycles. The first-order valence-electron chi connectivity index (χ1n) is 3.93. The molecule has 0 saturated carbocycles. The van der Waals surface area contributed by atoms with Gasteiger partial charge in [-0.25, -0.2) is 0 Å². The normalized spacial score (nSPS) is 10.6. The molecule has 1 heteroatoms. The minimum Gasteiger partial charge on any atom is -0.303 e. The summed E-state index contributed by atoms with van der Waals surface area (Å²) in [6.45, 7) is 9.28. The van der Waals surface area contributed by atoms with Crippen molar-refractivity contribution in [2.75, 3.05) is 0 Å². The van der Waals surface area contributed by atoms with Crippen LogP contribution in [0.4, 0.5) is 0 Å². The lowest BCUT2D eigenvalue weighted by atomic mass is 9.80. The highest BCUT2D eigenvalue weighted by molar-refractivity contribution is 5.60. The van der Waals surface area contributed by atoms with Gasteiger partial charge in [0.25, 0.3) is 0 Å². The van der Waals surface area contributed by atoms with Gasteiger partial charge in [-0.2, -0.15) is 0 Å². The molecule has 62 valence electrons. The zero-order valence-electron chi connectivity index (χ0n) is 7.18. The molecule has 0 aliphatic heterocycles. The Morgan fingerprint density at radius 1 is 1.27 bits per heavy atom. The lowest BCUT2D eigenvalue weighted by molar-refractivity contribution is -0.116. The van der Waals surface area contributed by atoms with Crippen LogP contribution in [0.25, 0.3) is 0 Å². The van der Waals surface area contributed by atoms with Crippen molar-refractivity contribution in [3.63, 3.8) is 0 Å². The number of carbonyl (C=O) groups excluding carboxylic acids is 1. The van der Waals surface area contributed by atoms with Crippen molar-refractivity contribution < 1.29 is 4.79 Å². The van der Waals surface area contributed by atoms with E-state index in [2.05, 4.69) is 13.2 Å². The summed E-state index contributed by atoms with van der Waals surface area (Å²) in [5, 5.41) is 0. The summed E-state index contributed by atoms with van der Waals surface area (Å²) >= 11 is 0. The zero-order chi connectivity index (χ0) is 8.74. The molecule has 0 aromatic carbocycles. The Kier molecular flexibility index (Phi) is 4.51. The van der Waals surface area contributed by atoms with Crippen molar-refractivity contribution >= 4 is 6.29 Å². The standard InChI is InChI=1S/C10H16O/c1-4-7-10(6-3,9-11)8-5-2/h4-5,9H,1-2,6-8H2,3H3. The van der Waals surface area contributed by atoms with Crippen molar-refractivity contribution in [2.24, 2.45) is 5.41 Å². The Morgan fingerprint density at radius 2 is 1.73 bits per heavy atom. The molecule has 0 spiro atoms. The lowest BCUT2D eigenvalue weighted by Crippen LogP contribution is -2.19. The monoisotopic (exact) mass is 152 g/mol. The van der Waals surface area contributed by atoms with Crippen LogP contribution in [0.2, 0.25) is 0 Å². The number of rotatable bonds is 6. The van der Waals surface area contributed by atoms with E-state index in [4.69, 9.17) is 0 Å². The molecule has 0 atom stereocenters. The first-order chi connectivity index (χ1) is 5.24. The predicted molar refractivity (Wildman–Crippen MR) is 48.4 cm³/mol. The second-order valence-corrected chi connectivity index (χ2v) is 2.82. The Labute approximate surface area is 68.8 Å². The highest BCUT2D eigenvalue weighted by Gasteiger charge is 2.23. The number of allylic oxidation sites excluding steroid dienone is 2. The summed E-state index contributed by atoms with van der Waals surface area (Å²) in [7, 11) is 0. The Morgan fingerprint density at radius 3 is 1.91 bits per heavy atom. The smallest absolute Gasteiger partial charge is 0.126 e. The van der Waals surface area contributed by atoms with Gasteiger partial charge in [0.05, 0.1) is 0 Å². The van der Waals surface area contributed by atoms with Gasteiger partial charge in [0.1, 0.15) is 6.29 Å². The lowest BCUT2D eigenvalue weighted by Gasteiger charge is -2.22. The molecule has 0 bridgehead atoms. The molecule has 0 aromatic heterocycles. The minimum absolute atomic E-state index is 0.233. The fourth-order valence-corrected chi connectivity index (χ4v) is 1.13. The Bertz CT molecular complexity index is 137. The molecule has 0 aliphatic rings. The molecule has 0 amide bonds. The molecule has 0 rings (SSSR count). The van der Waals surface area contributed by atoms with Crippen molar-refractivity contribution in [2.45, 2.75) is 26.2 Å². The van der Waals surface area contributed by atoms with Gasteiger partial charge in [0.2, 0.25) is 0 Å². The summed E-state index contributed by atoms with van der Waals surface area (Å²) in [4.78, 5) is 10.7. The van der Waals surface area contributed by atoms with E-state index < -0.39 is 0 Å². The Balaban J connectivity index is 4.29. The third-order valence-electron chi connectivity index (χ3n) is 2.06. The third kappa shape index (κ3) is 2.71. The second kappa shape index (κ2) is 4.89. The molecule has 0 N–H and O–H groups in total. The van der Waals surface area contributed by atoms with E-state index in [1.165, 1.54) is 0 Å². The highest BCUT2D eigenvalue weighted by Crippen LogP contribution is 2.28. The van der Waals surface area contributed by atoms with E-state index in [1.807, 2.05) is 6.92 Å². The van der Waals surface area contributed by atoms with Crippen LogP contribution >= 0.6 is 0 Å². The minimum atomic E-state index is -0.233. The average molecular weight is 152 g/mol. The maximum Gasteiger partial charge on any atom is 0.126 e. The van der Waals surface area contributed by atoms with E-state index in [9.17, 15) is 4.79 Å². The molecule has 0 saturated heterocycles. The molecule has 11 heavy (non-hydrogen) atoms. The molecular formula is C10H16O. The summed E-state index contributed by atoms with van der Waals surface area (Å²) in [5.41, 5.74) is -0.233. The van der Waals surface area contributed by atoms with Gasteiger partial charge >= 0.3 is 0 Å². The topological polar surface area (TPSA) is 17.1 Å². The van der Waals surface area contributed by atoms with Gasteiger partial charge in [-0.05, 0) is 19.3 Å². The number of aldehydes is 1. The van der Waals surface area contributed by atoms with Crippen LogP contribution in [0.3, 0.4) is 0 Å².